The topological polar surface area (TPSA) is 173 Å². The van der Waals surface area contributed by atoms with Crippen molar-refractivity contribution in [1.82, 2.24) is 0 Å². The van der Waals surface area contributed by atoms with Gasteiger partial charge in [-0.2, -0.15) is 13.2 Å². The molecule has 0 aliphatic carbocycles. The largest absolute Gasteiger partial charge is 0.476 e. The highest BCUT2D eigenvalue weighted by Gasteiger charge is 2.49. The van der Waals surface area contributed by atoms with Crippen LogP contribution < -0.4 is 0 Å². The third-order valence-corrected chi connectivity index (χ3v) is 3.82. The van der Waals surface area contributed by atoms with E-state index in [-0.39, 0.29) is 18.2 Å². The third-order valence-electron chi connectivity index (χ3n) is 3.82. The Hall–Kier alpha value is -2.70. The van der Waals surface area contributed by atoms with Crippen LogP contribution in [0.3, 0.4) is 0 Å². The van der Waals surface area contributed by atoms with Crippen molar-refractivity contribution in [3.63, 3.8) is 0 Å². The Morgan fingerprint density at radius 3 is 1.19 bits per heavy atom. The molecule has 0 saturated carbocycles. The molecule has 6 N–H and O–H groups in total. The molecule has 27 heavy (non-hydrogen) atoms. The number of aliphatic carboxylic acids is 3. The van der Waals surface area contributed by atoms with Crippen molar-refractivity contribution in [2.75, 3.05) is 19.8 Å². The van der Waals surface area contributed by atoms with Gasteiger partial charge in [0.15, 0.2) is 0 Å². The van der Waals surface area contributed by atoms with Crippen molar-refractivity contribution in [1.29, 1.82) is 0 Å². The van der Waals surface area contributed by atoms with Gasteiger partial charge in [0.05, 0.1) is 13.2 Å². The molecule has 0 aliphatic rings. The van der Waals surface area contributed by atoms with E-state index in [1.165, 1.54) is 0 Å². The maximum atomic E-state index is 13.8. The number of rotatable bonds is 11. The molecule has 0 aromatic carbocycles. The molecule has 0 aliphatic heterocycles. The van der Waals surface area contributed by atoms with Gasteiger partial charge in [-0.15, -0.1) is 0 Å². The lowest BCUT2D eigenvalue weighted by atomic mass is 9.61. The number of carboxylic acids is 3. The summed E-state index contributed by atoms with van der Waals surface area (Å²) in [4.78, 5) is 32.4. The number of halogens is 3. The predicted molar refractivity (Wildman–Crippen MR) is 81.2 cm³/mol. The van der Waals surface area contributed by atoms with Crippen LogP contribution in [0.5, 0.6) is 0 Å². The van der Waals surface area contributed by atoms with Crippen LogP contribution in [0.2, 0.25) is 0 Å². The van der Waals surface area contributed by atoms with Crippen molar-refractivity contribution in [3.8, 4) is 0 Å². The number of aliphatic hydroxyl groups excluding tert-OH is 3. The lowest BCUT2D eigenvalue weighted by Gasteiger charge is -2.43. The first kappa shape index (κ1) is 24.3. The van der Waals surface area contributed by atoms with Crippen molar-refractivity contribution in [2.45, 2.75) is 6.42 Å². The van der Waals surface area contributed by atoms with Gasteiger partial charge in [-0.25, -0.2) is 14.4 Å². The number of aliphatic hydroxyl groups is 3. The molecule has 0 aromatic heterocycles. The summed E-state index contributed by atoms with van der Waals surface area (Å²) in [6, 6.07) is 0. The zero-order valence-corrected chi connectivity index (χ0v) is 13.6. The fourth-order valence-electron chi connectivity index (χ4n) is 2.31. The van der Waals surface area contributed by atoms with E-state index in [9.17, 15) is 37.8 Å². The molecule has 0 bridgehead atoms. The summed E-state index contributed by atoms with van der Waals surface area (Å²) in [7, 11) is 0. The molecule has 0 amide bonds. The fourth-order valence-corrected chi connectivity index (χ4v) is 2.31. The standard InChI is InChI=1S/C15H17F3O9/c16-8(11(22)23)3-15(4-9(17)12(24)25,5-10(18)13(26)27)14(6-20,7-21)1-2-19/h3-5,19-21H,1-2,6-7H2,(H,22,23)(H,24,25)(H,26,27). The van der Waals surface area contributed by atoms with Crippen molar-refractivity contribution < 1.29 is 58.2 Å². The van der Waals surface area contributed by atoms with Gasteiger partial charge in [0, 0.05) is 17.4 Å². The van der Waals surface area contributed by atoms with Gasteiger partial charge in [-0.3, -0.25) is 0 Å². The van der Waals surface area contributed by atoms with Crippen molar-refractivity contribution in [3.05, 3.63) is 35.7 Å². The molecule has 9 nitrogen and oxygen atoms in total. The van der Waals surface area contributed by atoms with Gasteiger partial charge in [0.2, 0.25) is 17.5 Å². The average Bonchev–Trinajstić information content (AvgIpc) is 2.58. The minimum absolute atomic E-state index is 0.0670. The molecule has 0 heterocycles. The molecule has 0 rings (SSSR count). The maximum Gasteiger partial charge on any atom is 0.364 e. The molecule has 12 heteroatoms. The van der Waals surface area contributed by atoms with E-state index in [1.807, 2.05) is 0 Å². The van der Waals surface area contributed by atoms with E-state index in [0.29, 0.717) is 0 Å². The smallest absolute Gasteiger partial charge is 0.364 e. The van der Waals surface area contributed by atoms with Crippen LogP contribution in [0, 0.1) is 10.8 Å². The maximum absolute atomic E-state index is 13.8. The van der Waals surface area contributed by atoms with E-state index in [0.717, 1.165) is 0 Å². The third kappa shape index (κ3) is 5.64. The van der Waals surface area contributed by atoms with Crippen molar-refractivity contribution >= 4 is 17.9 Å². The van der Waals surface area contributed by atoms with E-state index >= 15 is 0 Å². The summed E-state index contributed by atoms with van der Waals surface area (Å²) in [5, 5.41) is 54.5. The summed E-state index contributed by atoms with van der Waals surface area (Å²) in [5.74, 6) is -13.1. The summed E-state index contributed by atoms with van der Waals surface area (Å²) >= 11 is 0. The van der Waals surface area contributed by atoms with Crippen LogP contribution >= 0.6 is 0 Å². The summed E-state index contributed by atoms with van der Waals surface area (Å²) < 4.78 is 41.4. The Kier molecular flexibility index (Phi) is 8.86. The highest BCUT2D eigenvalue weighted by Crippen LogP contribution is 2.48. The predicted octanol–water partition coefficient (Wildman–Crippen LogP) is 0.140. The zero-order chi connectivity index (χ0) is 21.4. The Labute approximate surface area is 150 Å². The monoisotopic (exact) mass is 398 g/mol. The average molecular weight is 398 g/mol. The highest BCUT2D eigenvalue weighted by molar-refractivity contribution is 5.87. The number of allylic oxidation sites excluding steroid dienone is 3. The lowest BCUT2D eigenvalue weighted by Crippen LogP contribution is -2.46. The Morgan fingerprint density at radius 1 is 0.704 bits per heavy atom. The molecule has 0 fully saturated rings. The second-order valence-corrected chi connectivity index (χ2v) is 5.40. The van der Waals surface area contributed by atoms with Crippen LogP contribution in [-0.2, 0) is 14.4 Å². The highest BCUT2D eigenvalue weighted by atomic mass is 19.1. The SMILES string of the molecule is O=C(O)C(F)=CC(C=C(F)C(=O)O)(C=C(F)C(=O)O)C(CO)(CO)CCO. The van der Waals surface area contributed by atoms with Gasteiger partial charge in [0.1, 0.15) is 0 Å². The summed E-state index contributed by atoms with van der Waals surface area (Å²) in [6.07, 6.45) is -0.955. The van der Waals surface area contributed by atoms with E-state index < -0.39 is 72.5 Å². The van der Waals surface area contributed by atoms with Crippen LogP contribution in [-0.4, -0.2) is 68.4 Å². The summed E-state index contributed by atoms with van der Waals surface area (Å²) in [6.45, 7) is -3.45. The van der Waals surface area contributed by atoms with E-state index in [4.69, 9.17) is 20.4 Å². The Morgan fingerprint density at radius 2 is 1.00 bits per heavy atom. The zero-order valence-electron chi connectivity index (χ0n) is 13.6. The molecule has 0 unspecified atom stereocenters. The minimum atomic E-state index is -2.94. The molecule has 0 atom stereocenters. The Bertz CT molecular complexity index is 604. The molecule has 0 spiro atoms. The van der Waals surface area contributed by atoms with Gasteiger partial charge in [-0.1, -0.05) is 0 Å². The summed E-state index contributed by atoms with van der Waals surface area (Å²) in [5.41, 5.74) is -5.32. The van der Waals surface area contributed by atoms with Crippen LogP contribution in [0.25, 0.3) is 0 Å². The van der Waals surface area contributed by atoms with E-state index in [1.54, 1.807) is 0 Å². The number of hydrogen-bond donors (Lipinski definition) is 6. The van der Waals surface area contributed by atoms with Gasteiger partial charge < -0.3 is 30.6 Å². The van der Waals surface area contributed by atoms with Gasteiger partial charge in [0.25, 0.3) is 0 Å². The second kappa shape index (κ2) is 9.85. The molecule has 0 radical (unpaired) electrons. The number of carbonyl (C=O) groups is 3. The number of hydrogen-bond acceptors (Lipinski definition) is 6. The van der Waals surface area contributed by atoms with Gasteiger partial charge in [-0.05, 0) is 24.6 Å². The van der Waals surface area contributed by atoms with Crippen LogP contribution in [0.1, 0.15) is 6.42 Å². The first-order valence-electron chi connectivity index (χ1n) is 7.09. The molecule has 0 saturated heterocycles. The normalized spacial score (nSPS) is 16.0. The van der Waals surface area contributed by atoms with Gasteiger partial charge >= 0.3 is 17.9 Å². The minimum Gasteiger partial charge on any atom is -0.476 e. The molecule has 0 aromatic rings. The first-order valence-corrected chi connectivity index (χ1v) is 7.09. The van der Waals surface area contributed by atoms with E-state index in [2.05, 4.69) is 0 Å². The molecule has 152 valence electrons. The van der Waals surface area contributed by atoms with Crippen molar-refractivity contribution in [2.24, 2.45) is 10.8 Å². The first-order chi connectivity index (χ1) is 12.4. The quantitative estimate of drug-likeness (QED) is 0.265. The lowest BCUT2D eigenvalue weighted by molar-refractivity contribution is -0.135. The molecular formula is C15H17F3O9. The molecular weight excluding hydrogens is 381 g/mol. The second-order valence-electron chi connectivity index (χ2n) is 5.40. The Balaban J connectivity index is 7.32. The number of carboxylic acid groups (broad SMARTS) is 3. The fraction of sp³-hybridized carbons (Fsp3) is 0.400. The van der Waals surface area contributed by atoms with Crippen LogP contribution in [0.4, 0.5) is 13.2 Å². The van der Waals surface area contributed by atoms with Crippen LogP contribution in [0.15, 0.2) is 35.7 Å².